The molecule has 2 heterocycles. The molecule has 1 N–H and O–H groups in total. The molecule has 0 saturated carbocycles. The van der Waals surface area contributed by atoms with E-state index in [1.54, 1.807) is 57.2 Å². The SMILES string of the molecule is CCOc1ccc(-n2ncc(C(=O)NC(CC(=O)OC(C)C)c3ccccc3Cl)c2C)nn1. The van der Waals surface area contributed by atoms with E-state index in [1.165, 1.54) is 10.9 Å². The Hall–Kier alpha value is -3.46. The van der Waals surface area contributed by atoms with Crippen LogP contribution in [-0.4, -0.2) is 44.6 Å². The van der Waals surface area contributed by atoms with Crippen molar-refractivity contribution in [3.8, 4) is 11.7 Å². The smallest absolute Gasteiger partial charge is 0.308 e. The molecule has 0 spiro atoms. The molecule has 3 aromatic rings. The Morgan fingerprint density at radius 2 is 1.91 bits per heavy atom. The summed E-state index contributed by atoms with van der Waals surface area (Å²) in [5, 5.41) is 15.7. The Labute approximate surface area is 197 Å². The molecular weight excluding hydrogens is 446 g/mol. The second-order valence-corrected chi connectivity index (χ2v) is 7.92. The number of halogens is 1. The average Bonchev–Trinajstić information content (AvgIpc) is 3.15. The first-order valence-electron chi connectivity index (χ1n) is 10.6. The zero-order valence-electron chi connectivity index (χ0n) is 18.9. The van der Waals surface area contributed by atoms with E-state index in [-0.39, 0.29) is 12.5 Å². The third kappa shape index (κ3) is 6.07. The molecule has 0 fully saturated rings. The number of rotatable bonds is 9. The Kier molecular flexibility index (Phi) is 8.00. The summed E-state index contributed by atoms with van der Waals surface area (Å²) in [5.41, 5.74) is 1.52. The van der Waals surface area contributed by atoms with Gasteiger partial charge in [-0.1, -0.05) is 29.8 Å². The molecule has 174 valence electrons. The lowest BCUT2D eigenvalue weighted by Crippen LogP contribution is -2.31. The molecule has 0 aliphatic rings. The van der Waals surface area contributed by atoms with Gasteiger partial charge in [-0.25, -0.2) is 4.68 Å². The number of hydrogen-bond donors (Lipinski definition) is 1. The van der Waals surface area contributed by atoms with Crippen molar-refractivity contribution in [3.05, 3.63) is 64.4 Å². The number of benzene rings is 1. The fourth-order valence-electron chi connectivity index (χ4n) is 3.22. The minimum atomic E-state index is -0.675. The molecule has 2 aromatic heterocycles. The zero-order chi connectivity index (χ0) is 24.0. The predicted molar refractivity (Wildman–Crippen MR) is 123 cm³/mol. The molecule has 3 rings (SSSR count). The first-order valence-corrected chi connectivity index (χ1v) is 10.9. The number of carbonyl (C=O) groups is 2. The van der Waals surface area contributed by atoms with Gasteiger partial charge in [0.05, 0.1) is 42.6 Å². The number of nitrogens with zero attached hydrogens (tertiary/aromatic N) is 4. The summed E-state index contributed by atoms with van der Waals surface area (Å²) in [5.74, 6) is 0.00488. The Balaban J connectivity index is 1.83. The normalized spacial score (nSPS) is 11.8. The molecule has 1 atom stereocenters. The Morgan fingerprint density at radius 1 is 1.15 bits per heavy atom. The van der Waals surface area contributed by atoms with Crippen LogP contribution in [0, 0.1) is 6.92 Å². The van der Waals surface area contributed by atoms with Crippen LogP contribution in [-0.2, 0) is 9.53 Å². The highest BCUT2D eigenvalue weighted by Gasteiger charge is 2.24. The van der Waals surface area contributed by atoms with Crippen molar-refractivity contribution >= 4 is 23.5 Å². The van der Waals surface area contributed by atoms with Gasteiger partial charge >= 0.3 is 5.97 Å². The number of aromatic nitrogens is 4. The second-order valence-electron chi connectivity index (χ2n) is 7.51. The second kappa shape index (κ2) is 10.9. The first-order chi connectivity index (χ1) is 15.8. The largest absolute Gasteiger partial charge is 0.477 e. The molecule has 1 unspecified atom stereocenters. The van der Waals surface area contributed by atoms with E-state index in [4.69, 9.17) is 21.1 Å². The fourth-order valence-corrected chi connectivity index (χ4v) is 3.49. The highest BCUT2D eigenvalue weighted by atomic mass is 35.5. The predicted octanol–water partition coefficient (Wildman–Crippen LogP) is 3.84. The number of esters is 1. The number of ether oxygens (including phenoxy) is 2. The molecule has 1 aromatic carbocycles. The number of hydrogen-bond acceptors (Lipinski definition) is 7. The summed E-state index contributed by atoms with van der Waals surface area (Å²) in [6, 6.07) is 9.75. The van der Waals surface area contributed by atoms with Crippen LogP contribution in [0.15, 0.2) is 42.6 Å². The van der Waals surface area contributed by atoms with Crippen LogP contribution in [0.4, 0.5) is 0 Å². The zero-order valence-corrected chi connectivity index (χ0v) is 19.7. The lowest BCUT2D eigenvalue weighted by atomic mass is 10.0. The van der Waals surface area contributed by atoms with Gasteiger partial charge in [-0.15, -0.1) is 10.2 Å². The Morgan fingerprint density at radius 3 is 2.55 bits per heavy atom. The first kappa shape index (κ1) is 24.2. The maximum absolute atomic E-state index is 13.1. The van der Waals surface area contributed by atoms with Gasteiger partial charge in [-0.2, -0.15) is 5.10 Å². The number of amides is 1. The van der Waals surface area contributed by atoms with Gasteiger partial charge in [0.25, 0.3) is 5.91 Å². The minimum absolute atomic E-state index is 0.0643. The van der Waals surface area contributed by atoms with E-state index in [2.05, 4.69) is 20.6 Å². The van der Waals surface area contributed by atoms with Crippen molar-refractivity contribution in [2.45, 2.75) is 46.3 Å². The lowest BCUT2D eigenvalue weighted by molar-refractivity contribution is -0.147. The molecule has 1 amide bonds. The summed E-state index contributed by atoms with van der Waals surface area (Å²) >= 11 is 6.34. The van der Waals surface area contributed by atoms with E-state index in [0.29, 0.717) is 40.1 Å². The van der Waals surface area contributed by atoms with Crippen molar-refractivity contribution in [1.29, 1.82) is 0 Å². The van der Waals surface area contributed by atoms with Gasteiger partial charge in [0.1, 0.15) is 0 Å². The number of carbonyl (C=O) groups excluding carboxylic acids is 2. The van der Waals surface area contributed by atoms with E-state index in [1.807, 2.05) is 6.92 Å². The van der Waals surface area contributed by atoms with Crippen LogP contribution in [0.5, 0.6) is 5.88 Å². The van der Waals surface area contributed by atoms with Crippen LogP contribution in [0.3, 0.4) is 0 Å². The molecule has 0 aliphatic carbocycles. The molecule has 0 saturated heterocycles. The number of nitrogens with one attached hydrogen (secondary N) is 1. The van der Waals surface area contributed by atoms with Crippen molar-refractivity contribution in [2.24, 2.45) is 0 Å². The van der Waals surface area contributed by atoms with Crippen molar-refractivity contribution in [3.63, 3.8) is 0 Å². The molecular formula is C23H26ClN5O4. The molecule has 10 heteroatoms. The topological polar surface area (TPSA) is 108 Å². The third-order valence-corrected chi connectivity index (χ3v) is 5.06. The fraction of sp³-hybridized carbons (Fsp3) is 0.348. The van der Waals surface area contributed by atoms with Crippen molar-refractivity contribution in [1.82, 2.24) is 25.3 Å². The maximum atomic E-state index is 13.1. The van der Waals surface area contributed by atoms with Crippen LogP contribution in [0.25, 0.3) is 5.82 Å². The molecule has 33 heavy (non-hydrogen) atoms. The monoisotopic (exact) mass is 471 g/mol. The molecule has 0 radical (unpaired) electrons. The highest BCUT2D eigenvalue weighted by Crippen LogP contribution is 2.26. The maximum Gasteiger partial charge on any atom is 0.308 e. The van der Waals surface area contributed by atoms with Gasteiger partial charge in [0.2, 0.25) is 5.88 Å². The molecule has 0 bridgehead atoms. The van der Waals surface area contributed by atoms with Gasteiger partial charge < -0.3 is 14.8 Å². The molecule has 0 aliphatic heterocycles. The van der Waals surface area contributed by atoms with E-state index >= 15 is 0 Å². The summed E-state index contributed by atoms with van der Waals surface area (Å²) < 4.78 is 12.1. The van der Waals surface area contributed by atoms with Crippen molar-refractivity contribution < 1.29 is 19.1 Å². The van der Waals surface area contributed by atoms with Crippen LogP contribution < -0.4 is 10.1 Å². The lowest BCUT2D eigenvalue weighted by Gasteiger charge is -2.20. The Bertz CT molecular complexity index is 1110. The van der Waals surface area contributed by atoms with E-state index in [9.17, 15) is 9.59 Å². The van der Waals surface area contributed by atoms with Crippen LogP contribution >= 0.6 is 11.6 Å². The van der Waals surface area contributed by atoms with E-state index in [0.717, 1.165) is 0 Å². The molecule has 9 nitrogen and oxygen atoms in total. The average molecular weight is 472 g/mol. The van der Waals surface area contributed by atoms with Crippen molar-refractivity contribution in [2.75, 3.05) is 6.61 Å². The standard InChI is InChI=1S/C23H26ClN5O4/c1-5-32-21-11-10-20(27-28-21)29-15(4)17(13-25-29)23(31)26-19(12-22(30)33-14(2)3)16-8-6-7-9-18(16)24/h6-11,13-14,19H,5,12H2,1-4H3,(H,26,31). The van der Waals surface area contributed by atoms with Gasteiger partial charge in [-0.05, 0) is 45.4 Å². The van der Waals surface area contributed by atoms with Gasteiger partial charge in [0.15, 0.2) is 5.82 Å². The van der Waals surface area contributed by atoms with Crippen LogP contribution in [0.1, 0.15) is 54.8 Å². The van der Waals surface area contributed by atoms with Crippen LogP contribution in [0.2, 0.25) is 5.02 Å². The summed E-state index contributed by atoms with van der Waals surface area (Å²) in [6.07, 6.45) is 1.11. The minimum Gasteiger partial charge on any atom is -0.477 e. The van der Waals surface area contributed by atoms with Gasteiger partial charge in [-0.3, -0.25) is 9.59 Å². The highest BCUT2D eigenvalue weighted by molar-refractivity contribution is 6.31. The summed E-state index contributed by atoms with van der Waals surface area (Å²) in [4.78, 5) is 25.5. The quantitative estimate of drug-likeness (QED) is 0.472. The van der Waals surface area contributed by atoms with E-state index < -0.39 is 17.9 Å². The third-order valence-electron chi connectivity index (χ3n) is 4.71. The summed E-state index contributed by atoms with van der Waals surface area (Å²) in [6.45, 7) is 7.62. The summed E-state index contributed by atoms with van der Waals surface area (Å²) in [7, 11) is 0. The van der Waals surface area contributed by atoms with Gasteiger partial charge in [0, 0.05) is 11.1 Å².